The summed E-state index contributed by atoms with van der Waals surface area (Å²) in [6.45, 7) is 9.06. The Kier molecular flexibility index (Phi) is 4.58. The Morgan fingerprint density at radius 3 is 2.53 bits per heavy atom. The Bertz CT molecular complexity index is 370. The predicted molar refractivity (Wildman–Crippen MR) is 70.1 cm³/mol. The Morgan fingerprint density at radius 1 is 1.53 bits per heavy atom. The highest BCUT2D eigenvalue weighted by Crippen LogP contribution is 2.33. The molecule has 0 bridgehead atoms. The van der Waals surface area contributed by atoms with Crippen molar-refractivity contribution < 1.29 is 4.74 Å². The van der Waals surface area contributed by atoms with Gasteiger partial charge < -0.3 is 10.5 Å². The van der Waals surface area contributed by atoms with E-state index in [9.17, 15) is 0 Å². The molecule has 0 radical (unpaired) electrons. The smallest absolute Gasteiger partial charge is 0.0835 e. The van der Waals surface area contributed by atoms with Crippen molar-refractivity contribution in [3.05, 3.63) is 16.9 Å². The van der Waals surface area contributed by atoms with Crippen molar-refractivity contribution in [2.24, 2.45) is 11.1 Å². The van der Waals surface area contributed by atoms with Crippen LogP contribution < -0.4 is 5.73 Å². The van der Waals surface area contributed by atoms with Gasteiger partial charge in [-0.05, 0) is 12.3 Å². The lowest BCUT2D eigenvalue weighted by atomic mass is 9.83. The van der Waals surface area contributed by atoms with E-state index in [4.69, 9.17) is 22.1 Å². The van der Waals surface area contributed by atoms with Crippen LogP contribution in [0.4, 0.5) is 0 Å². The van der Waals surface area contributed by atoms with Gasteiger partial charge in [-0.1, -0.05) is 32.4 Å². The number of aromatic nitrogens is 2. The minimum absolute atomic E-state index is 0.0552. The number of ether oxygens (including phenoxy) is 1. The van der Waals surface area contributed by atoms with Gasteiger partial charge in [0.2, 0.25) is 0 Å². The van der Waals surface area contributed by atoms with Crippen molar-refractivity contribution in [1.29, 1.82) is 0 Å². The van der Waals surface area contributed by atoms with E-state index in [1.807, 2.05) is 11.6 Å². The first-order valence-corrected chi connectivity index (χ1v) is 6.20. The molecule has 2 atom stereocenters. The molecule has 1 heterocycles. The fraction of sp³-hybridized carbons (Fsp3) is 0.750. The molecule has 98 valence electrons. The normalized spacial score (nSPS) is 15.9. The summed E-state index contributed by atoms with van der Waals surface area (Å²) in [4.78, 5) is 0. The molecule has 1 rings (SSSR count). The van der Waals surface area contributed by atoms with Crippen molar-refractivity contribution in [3.63, 3.8) is 0 Å². The number of hydrogen-bond acceptors (Lipinski definition) is 3. The average Bonchev–Trinajstić information content (AvgIpc) is 2.58. The zero-order chi connectivity index (χ0) is 13.2. The molecule has 2 N–H and O–H groups in total. The molecule has 0 saturated heterocycles. The summed E-state index contributed by atoms with van der Waals surface area (Å²) < 4.78 is 7.35. The molecule has 0 fully saturated rings. The van der Waals surface area contributed by atoms with E-state index in [0.717, 1.165) is 12.2 Å². The third kappa shape index (κ3) is 3.00. The summed E-state index contributed by atoms with van der Waals surface area (Å²) in [7, 11) is 1.68. The van der Waals surface area contributed by atoms with Crippen LogP contribution >= 0.6 is 11.6 Å². The highest BCUT2D eigenvalue weighted by molar-refractivity contribution is 6.31. The van der Waals surface area contributed by atoms with Gasteiger partial charge >= 0.3 is 0 Å². The van der Waals surface area contributed by atoms with Gasteiger partial charge in [-0.25, -0.2) is 0 Å². The lowest BCUT2D eigenvalue weighted by Crippen LogP contribution is -2.39. The number of aryl methyl sites for hydroxylation is 1. The maximum Gasteiger partial charge on any atom is 0.0835 e. The fourth-order valence-corrected chi connectivity index (χ4v) is 2.40. The van der Waals surface area contributed by atoms with Crippen LogP contribution in [0.25, 0.3) is 0 Å². The number of nitrogens with zero attached hydrogens (tertiary/aromatic N) is 2. The highest BCUT2D eigenvalue weighted by atomic mass is 35.5. The Balaban J connectivity index is 3.09. The molecule has 0 aromatic carbocycles. The minimum Gasteiger partial charge on any atom is -0.379 e. The van der Waals surface area contributed by atoms with Gasteiger partial charge in [0.25, 0.3) is 0 Å². The van der Waals surface area contributed by atoms with Crippen LogP contribution in [-0.4, -0.2) is 23.0 Å². The van der Waals surface area contributed by atoms with E-state index in [0.29, 0.717) is 5.02 Å². The summed E-state index contributed by atoms with van der Waals surface area (Å²) >= 11 is 6.15. The number of nitrogens with two attached hydrogens (primary N) is 1. The lowest BCUT2D eigenvalue weighted by molar-refractivity contribution is -0.00425. The van der Waals surface area contributed by atoms with E-state index < -0.39 is 0 Å². The summed E-state index contributed by atoms with van der Waals surface area (Å²) in [5, 5.41) is 4.81. The SMILES string of the molecule is CCn1ncc(Cl)c1C(N)C(OC)C(C)(C)C. The largest absolute Gasteiger partial charge is 0.379 e. The van der Waals surface area contributed by atoms with Crippen LogP contribution in [-0.2, 0) is 11.3 Å². The molecule has 1 aromatic rings. The van der Waals surface area contributed by atoms with Crippen molar-refractivity contribution in [2.75, 3.05) is 7.11 Å². The van der Waals surface area contributed by atoms with Crippen molar-refractivity contribution in [1.82, 2.24) is 9.78 Å². The van der Waals surface area contributed by atoms with E-state index in [1.54, 1.807) is 13.3 Å². The number of methoxy groups -OCH3 is 1. The lowest BCUT2D eigenvalue weighted by Gasteiger charge is -2.34. The van der Waals surface area contributed by atoms with Crippen LogP contribution in [0.2, 0.25) is 5.02 Å². The van der Waals surface area contributed by atoms with Gasteiger partial charge in [0, 0.05) is 13.7 Å². The maximum atomic E-state index is 6.29. The summed E-state index contributed by atoms with van der Waals surface area (Å²) in [6, 6.07) is -0.282. The molecule has 0 spiro atoms. The van der Waals surface area contributed by atoms with Gasteiger partial charge in [0.05, 0.1) is 29.1 Å². The van der Waals surface area contributed by atoms with Gasteiger partial charge in [-0.2, -0.15) is 5.10 Å². The molecule has 4 nitrogen and oxygen atoms in total. The first-order chi connectivity index (χ1) is 7.82. The molecule has 1 aromatic heterocycles. The number of halogens is 1. The highest BCUT2D eigenvalue weighted by Gasteiger charge is 2.34. The molecular formula is C12H22ClN3O. The van der Waals surface area contributed by atoms with Gasteiger partial charge in [-0.3, -0.25) is 4.68 Å². The summed E-state index contributed by atoms with van der Waals surface area (Å²) in [5.41, 5.74) is 7.08. The number of rotatable bonds is 4. The zero-order valence-corrected chi connectivity index (χ0v) is 12.0. The van der Waals surface area contributed by atoms with Crippen molar-refractivity contribution in [2.45, 2.75) is 46.4 Å². The maximum absolute atomic E-state index is 6.29. The Morgan fingerprint density at radius 2 is 2.12 bits per heavy atom. The minimum atomic E-state index is -0.282. The van der Waals surface area contributed by atoms with E-state index >= 15 is 0 Å². The summed E-state index contributed by atoms with van der Waals surface area (Å²) in [5.74, 6) is 0. The molecule has 0 aliphatic carbocycles. The summed E-state index contributed by atoms with van der Waals surface area (Å²) in [6.07, 6.45) is 1.53. The zero-order valence-electron chi connectivity index (χ0n) is 11.2. The van der Waals surface area contributed by atoms with E-state index in [2.05, 4.69) is 25.9 Å². The van der Waals surface area contributed by atoms with Crippen LogP contribution in [0.5, 0.6) is 0 Å². The third-order valence-corrected chi connectivity index (χ3v) is 3.17. The van der Waals surface area contributed by atoms with Gasteiger partial charge in [0.1, 0.15) is 0 Å². The van der Waals surface area contributed by atoms with Crippen molar-refractivity contribution >= 4 is 11.6 Å². The molecule has 0 amide bonds. The number of hydrogen-bond donors (Lipinski definition) is 1. The monoisotopic (exact) mass is 259 g/mol. The van der Waals surface area contributed by atoms with Crippen LogP contribution in [0.15, 0.2) is 6.20 Å². The molecule has 5 heteroatoms. The predicted octanol–water partition coefficient (Wildman–Crippen LogP) is 2.62. The van der Waals surface area contributed by atoms with Crippen molar-refractivity contribution in [3.8, 4) is 0 Å². The van der Waals surface area contributed by atoms with E-state index in [-0.39, 0.29) is 17.6 Å². The molecule has 0 aliphatic rings. The molecule has 2 unspecified atom stereocenters. The first kappa shape index (κ1) is 14.5. The quantitative estimate of drug-likeness (QED) is 0.904. The molecule has 0 saturated carbocycles. The molecule has 17 heavy (non-hydrogen) atoms. The topological polar surface area (TPSA) is 53.1 Å². The average molecular weight is 260 g/mol. The van der Waals surface area contributed by atoms with Crippen LogP contribution in [0.3, 0.4) is 0 Å². The second-order valence-electron chi connectivity index (χ2n) is 5.24. The fourth-order valence-electron chi connectivity index (χ4n) is 2.14. The first-order valence-electron chi connectivity index (χ1n) is 5.82. The molecule has 0 aliphatic heterocycles. The second kappa shape index (κ2) is 5.38. The molecular weight excluding hydrogens is 238 g/mol. The standard InChI is InChI=1S/C12H22ClN3O/c1-6-16-10(8(13)7-15-16)9(14)11(17-5)12(2,3)4/h7,9,11H,6,14H2,1-5H3. The Hall–Kier alpha value is -0.580. The second-order valence-corrected chi connectivity index (χ2v) is 5.65. The Labute approximate surface area is 108 Å². The van der Waals surface area contributed by atoms with Gasteiger partial charge in [0.15, 0.2) is 0 Å². The van der Waals surface area contributed by atoms with Crippen LogP contribution in [0.1, 0.15) is 39.4 Å². The van der Waals surface area contributed by atoms with E-state index in [1.165, 1.54) is 0 Å². The van der Waals surface area contributed by atoms with Gasteiger partial charge in [-0.15, -0.1) is 0 Å². The third-order valence-electron chi connectivity index (χ3n) is 2.88. The van der Waals surface area contributed by atoms with Crippen LogP contribution in [0, 0.1) is 5.41 Å².